The Morgan fingerprint density at radius 1 is 1.40 bits per heavy atom. The first-order chi connectivity index (χ1) is 7.28. The van der Waals surface area contributed by atoms with Gasteiger partial charge in [0.15, 0.2) is 0 Å². The second-order valence-electron chi connectivity index (χ2n) is 4.48. The van der Waals surface area contributed by atoms with Crippen molar-refractivity contribution in [3.05, 3.63) is 29.8 Å². The molecule has 78 valence electrons. The maximum atomic E-state index is 5.37. The lowest BCUT2D eigenvalue weighted by Gasteiger charge is -2.14. The molecule has 1 aromatic carbocycles. The maximum Gasteiger partial charge on any atom is 0.0354 e. The van der Waals surface area contributed by atoms with Crippen molar-refractivity contribution in [2.24, 2.45) is 5.92 Å². The van der Waals surface area contributed by atoms with Gasteiger partial charge >= 0.3 is 0 Å². The topological polar surface area (TPSA) is 12.0 Å². The number of hydrogen-bond acceptors (Lipinski definition) is 1. The number of nitrogens with one attached hydrogen (secondary N) is 1. The van der Waals surface area contributed by atoms with Crippen molar-refractivity contribution in [3.63, 3.8) is 0 Å². The van der Waals surface area contributed by atoms with Gasteiger partial charge in [-0.3, -0.25) is 0 Å². The lowest BCUT2D eigenvalue weighted by Crippen LogP contribution is -2.15. The van der Waals surface area contributed by atoms with E-state index in [2.05, 4.69) is 24.2 Å². The quantitative estimate of drug-likeness (QED) is 0.721. The van der Waals surface area contributed by atoms with Crippen LogP contribution in [0.25, 0.3) is 0 Å². The number of terminal acetylenes is 1. The molecule has 1 N–H and O–H groups in total. The molecule has 0 heterocycles. The Kier molecular flexibility index (Phi) is 2.97. The molecule has 1 nitrogen and oxygen atoms in total. The van der Waals surface area contributed by atoms with Crippen molar-refractivity contribution < 1.29 is 0 Å². The fourth-order valence-electron chi connectivity index (χ4n) is 2.27. The fraction of sp³-hybridized carbons (Fsp3) is 0.429. The molecule has 0 saturated heterocycles. The zero-order valence-electron chi connectivity index (χ0n) is 9.16. The summed E-state index contributed by atoms with van der Waals surface area (Å²) in [4.78, 5) is 0. The maximum absolute atomic E-state index is 5.37. The molecule has 0 aromatic heterocycles. The van der Waals surface area contributed by atoms with Crippen molar-refractivity contribution in [3.8, 4) is 12.3 Å². The molecule has 1 aromatic rings. The molecule has 0 spiro atoms. The van der Waals surface area contributed by atoms with Crippen LogP contribution in [-0.4, -0.2) is 6.04 Å². The van der Waals surface area contributed by atoms with Gasteiger partial charge in [-0.2, -0.15) is 0 Å². The van der Waals surface area contributed by atoms with Crippen molar-refractivity contribution in [2.45, 2.75) is 32.2 Å². The zero-order chi connectivity index (χ0) is 10.7. The van der Waals surface area contributed by atoms with Gasteiger partial charge in [-0.1, -0.05) is 18.9 Å². The van der Waals surface area contributed by atoms with Gasteiger partial charge in [0, 0.05) is 17.3 Å². The van der Waals surface area contributed by atoms with E-state index in [1.54, 1.807) is 0 Å². The molecule has 0 radical (unpaired) electrons. The molecule has 2 rings (SSSR count). The molecular formula is C14H17N. The second kappa shape index (κ2) is 4.40. The van der Waals surface area contributed by atoms with Gasteiger partial charge in [0.25, 0.3) is 0 Å². The predicted molar refractivity (Wildman–Crippen MR) is 64.8 cm³/mol. The number of anilines is 1. The molecule has 15 heavy (non-hydrogen) atoms. The molecule has 1 heteroatoms. The number of benzene rings is 1. The van der Waals surface area contributed by atoms with Gasteiger partial charge < -0.3 is 5.32 Å². The summed E-state index contributed by atoms with van der Waals surface area (Å²) in [5.41, 5.74) is 2.11. The Morgan fingerprint density at radius 3 is 2.93 bits per heavy atom. The fourth-order valence-corrected chi connectivity index (χ4v) is 2.27. The van der Waals surface area contributed by atoms with Gasteiger partial charge in [0.1, 0.15) is 0 Å². The first-order valence-electron chi connectivity index (χ1n) is 5.61. The van der Waals surface area contributed by atoms with E-state index >= 15 is 0 Å². The van der Waals surface area contributed by atoms with Crippen molar-refractivity contribution in [1.82, 2.24) is 0 Å². The molecule has 1 aliphatic carbocycles. The van der Waals surface area contributed by atoms with Crippen LogP contribution in [0.2, 0.25) is 0 Å². The minimum Gasteiger partial charge on any atom is -0.382 e. The van der Waals surface area contributed by atoms with Gasteiger partial charge in [-0.15, -0.1) is 6.42 Å². The number of hydrogen-bond donors (Lipinski definition) is 1. The zero-order valence-corrected chi connectivity index (χ0v) is 9.16. The highest BCUT2D eigenvalue weighted by atomic mass is 14.9. The van der Waals surface area contributed by atoms with E-state index in [9.17, 15) is 0 Å². The smallest absolute Gasteiger partial charge is 0.0354 e. The van der Waals surface area contributed by atoms with Crippen LogP contribution in [-0.2, 0) is 0 Å². The van der Waals surface area contributed by atoms with Gasteiger partial charge in [-0.05, 0) is 43.4 Å². The lowest BCUT2D eigenvalue weighted by molar-refractivity contribution is 0.602. The Bertz CT molecular complexity index is 375. The minimum atomic E-state index is 0.632. The van der Waals surface area contributed by atoms with Crippen molar-refractivity contribution in [2.75, 3.05) is 5.32 Å². The lowest BCUT2D eigenvalue weighted by atomic mass is 10.1. The van der Waals surface area contributed by atoms with E-state index in [1.807, 2.05) is 18.2 Å². The van der Waals surface area contributed by atoms with Crippen LogP contribution >= 0.6 is 0 Å². The molecule has 1 fully saturated rings. The highest BCUT2D eigenvalue weighted by Crippen LogP contribution is 2.27. The summed E-state index contributed by atoms with van der Waals surface area (Å²) in [5, 5.41) is 3.55. The Balaban J connectivity index is 2.02. The summed E-state index contributed by atoms with van der Waals surface area (Å²) >= 11 is 0. The molecular weight excluding hydrogens is 182 g/mol. The average Bonchev–Trinajstić information content (AvgIpc) is 2.64. The van der Waals surface area contributed by atoms with Crippen LogP contribution in [0.3, 0.4) is 0 Å². The van der Waals surface area contributed by atoms with Crippen LogP contribution in [0.5, 0.6) is 0 Å². The molecule has 0 aliphatic heterocycles. The third-order valence-corrected chi connectivity index (χ3v) is 3.09. The van der Waals surface area contributed by atoms with Crippen LogP contribution in [0, 0.1) is 18.3 Å². The van der Waals surface area contributed by atoms with Crippen LogP contribution < -0.4 is 5.32 Å². The molecule has 1 saturated carbocycles. The molecule has 1 aliphatic rings. The summed E-state index contributed by atoms with van der Waals surface area (Å²) in [6, 6.07) is 8.73. The van der Waals surface area contributed by atoms with Gasteiger partial charge in [0.05, 0.1) is 0 Å². The van der Waals surface area contributed by atoms with E-state index in [-0.39, 0.29) is 0 Å². The summed E-state index contributed by atoms with van der Waals surface area (Å²) in [7, 11) is 0. The van der Waals surface area contributed by atoms with E-state index in [1.165, 1.54) is 19.3 Å². The second-order valence-corrected chi connectivity index (χ2v) is 4.48. The summed E-state index contributed by atoms with van der Waals surface area (Å²) in [6.07, 6.45) is 9.27. The Hall–Kier alpha value is -1.42. The standard InChI is InChI=1S/C14H17N/c1-3-12-5-4-6-13(10-12)15-14-8-7-11(2)9-14/h1,4-6,10-11,14-15H,7-9H2,2H3. The van der Waals surface area contributed by atoms with E-state index in [4.69, 9.17) is 6.42 Å². The van der Waals surface area contributed by atoms with E-state index in [0.717, 1.165) is 17.2 Å². The first-order valence-corrected chi connectivity index (χ1v) is 5.61. The van der Waals surface area contributed by atoms with Crippen molar-refractivity contribution >= 4 is 5.69 Å². The third kappa shape index (κ3) is 2.53. The highest BCUT2D eigenvalue weighted by molar-refractivity contribution is 5.50. The normalized spacial score (nSPS) is 24.8. The molecule has 0 bridgehead atoms. The van der Waals surface area contributed by atoms with Crippen LogP contribution in [0.4, 0.5) is 5.69 Å². The van der Waals surface area contributed by atoms with Crippen LogP contribution in [0.15, 0.2) is 24.3 Å². The third-order valence-electron chi connectivity index (χ3n) is 3.09. The molecule has 2 atom stereocenters. The summed E-state index contributed by atoms with van der Waals surface area (Å²) < 4.78 is 0. The monoisotopic (exact) mass is 199 g/mol. The SMILES string of the molecule is C#Cc1cccc(NC2CCC(C)C2)c1. The highest BCUT2D eigenvalue weighted by Gasteiger charge is 2.20. The first kappa shape index (κ1) is 10.1. The summed E-state index contributed by atoms with van der Waals surface area (Å²) in [6.45, 7) is 2.32. The minimum absolute atomic E-state index is 0.632. The molecule has 0 amide bonds. The summed E-state index contributed by atoms with van der Waals surface area (Å²) in [5.74, 6) is 3.52. The van der Waals surface area contributed by atoms with Crippen molar-refractivity contribution in [1.29, 1.82) is 0 Å². The van der Waals surface area contributed by atoms with E-state index < -0.39 is 0 Å². The van der Waals surface area contributed by atoms with Gasteiger partial charge in [-0.25, -0.2) is 0 Å². The molecule has 2 unspecified atom stereocenters. The Morgan fingerprint density at radius 2 is 2.27 bits per heavy atom. The number of rotatable bonds is 2. The van der Waals surface area contributed by atoms with Gasteiger partial charge in [0.2, 0.25) is 0 Å². The van der Waals surface area contributed by atoms with Crippen LogP contribution in [0.1, 0.15) is 31.7 Å². The Labute approximate surface area is 91.9 Å². The average molecular weight is 199 g/mol. The largest absolute Gasteiger partial charge is 0.382 e. The van der Waals surface area contributed by atoms with E-state index in [0.29, 0.717) is 6.04 Å². The predicted octanol–water partition coefficient (Wildman–Crippen LogP) is 3.27.